The topological polar surface area (TPSA) is 26.3 Å². The van der Waals surface area contributed by atoms with Gasteiger partial charge in [-0.1, -0.05) is 27.2 Å². The van der Waals surface area contributed by atoms with Crippen LogP contribution in [0.25, 0.3) is 0 Å². The average Bonchev–Trinajstić information content (AvgIpc) is 2.01. The first-order valence-corrected chi connectivity index (χ1v) is 4.66. The number of carbonyl (C=O) groups excluding carboxylic acids is 1. The van der Waals surface area contributed by atoms with E-state index >= 15 is 0 Å². The zero-order valence-corrected chi connectivity index (χ0v) is 8.30. The molecular formula is C10H19O2. The fourth-order valence-electron chi connectivity index (χ4n) is 0.708. The Morgan fingerprint density at radius 1 is 1.50 bits per heavy atom. The number of hydrogen-bond donors (Lipinski definition) is 0. The fraction of sp³-hybridized carbons (Fsp3) is 0.800. The number of hydrogen-bond acceptors (Lipinski definition) is 2. The Labute approximate surface area is 75.3 Å². The molecule has 0 aromatic heterocycles. The number of esters is 1. The predicted molar refractivity (Wildman–Crippen MR) is 49.6 cm³/mol. The summed E-state index contributed by atoms with van der Waals surface area (Å²) in [5, 5.41) is 0. The van der Waals surface area contributed by atoms with Gasteiger partial charge in [0.15, 0.2) is 0 Å². The second-order valence-corrected chi connectivity index (χ2v) is 3.35. The van der Waals surface area contributed by atoms with Gasteiger partial charge in [0.25, 0.3) is 0 Å². The van der Waals surface area contributed by atoms with E-state index in [1.165, 1.54) is 0 Å². The minimum Gasteiger partial charge on any atom is -0.465 e. The molecule has 0 aliphatic heterocycles. The van der Waals surface area contributed by atoms with Gasteiger partial charge < -0.3 is 4.74 Å². The highest BCUT2D eigenvalue weighted by Gasteiger charge is 2.03. The summed E-state index contributed by atoms with van der Waals surface area (Å²) < 4.78 is 4.94. The Morgan fingerprint density at radius 2 is 2.17 bits per heavy atom. The molecule has 0 unspecified atom stereocenters. The number of unbranched alkanes of at least 4 members (excludes halogenated alkanes) is 1. The van der Waals surface area contributed by atoms with E-state index in [2.05, 4.69) is 20.8 Å². The van der Waals surface area contributed by atoms with Crippen molar-refractivity contribution in [3.63, 3.8) is 0 Å². The van der Waals surface area contributed by atoms with Crippen molar-refractivity contribution in [2.75, 3.05) is 6.61 Å². The van der Waals surface area contributed by atoms with E-state index in [-0.39, 0.29) is 5.97 Å². The minimum atomic E-state index is -0.169. The molecule has 0 N–H and O–H groups in total. The molecule has 0 atom stereocenters. The smallest absolute Gasteiger partial charge is 0.309 e. The molecule has 0 spiro atoms. The van der Waals surface area contributed by atoms with Crippen molar-refractivity contribution in [2.45, 2.75) is 40.0 Å². The Hall–Kier alpha value is -0.530. The highest BCUT2D eigenvalue weighted by atomic mass is 16.5. The molecule has 0 saturated heterocycles. The van der Waals surface area contributed by atoms with Crippen LogP contribution in [0.1, 0.15) is 40.0 Å². The maximum absolute atomic E-state index is 10.9. The van der Waals surface area contributed by atoms with Crippen LogP contribution >= 0.6 is 0 Å². The van der Waals surface area contributed by atoms with Gasteiger partial charge in [-0.15, -0.1) is 0 Å². The third-order valence-corrected chi connectivity index (χ3v) is 1.50. The Kier molecular flexibility index (Phi) is 6.82. The number of ether oxygens (including phenoxy) is 1. The molecule has 2 heteroatoms. The lowest BCUT2D eigenvalue weighted by molar-refractivity contribution is -0.139. The van der Waals surface area contributed by atoms with Crippen LogP contribution < -0.4 is 0 Å². The number of rotatable bonds is 6. The molecule has 0 bridgehead atoms. The Bertz CT molecular complexity index is 119. The molecule has 0 amide bonds. The molecular weight excluding hydrogens is 152 g/mol. The molecule has 12 heavy (non-hydrogen) atoms. The van der Waals surface area contributed by atoms with Crippen LogP contribution in [0.5, 0.6) is 0 Å². The van der Waals surface area contributed by atoms with Crippen molar-refractivity contribution in [3.05, 3.63) is 6.42 Å². The van der Waals surface area contributed by atoms with E-state index in [9.17, 15) is 4.79 Å². The number of carbonyl (C=O) groups is 1. The first-order valence-electron chi connectivity index (χ1n) is 4.66. The van der Waals surface area contributed by atoms with Crippen LogP contribution in [0.4, 0.5) is 0 Å². The van der Waals surface area contributed by atoms with Crippen LogP contribution in [0.2, 0.25) is 0 Å². The van der Waals surface area contributed by atoms with E-state index in [1.54, 1.807) is 6.42 Å². The van der Waals surface area contributed by atoms with Crippen molar-refractivity contribution in [1.29, 1.82) is 0 Å². The van der Waals surface area contributed by atoms with E-state index in [4.69, 9.17) is 4.74 Å². The molecule has 71 valence electrons. The molecule has 0 aliphatic rings. The monoisotopic (exact) mass is 171 g/mol. The maximum atomic E-state index is 10.9. The third-order valence-electron chi connectivity index (χ3n) is 1.50. The van der Waals surface area contributed by atoms with Crippen molar-refractivity contribution in [3.8, 4) is 0 Å². The lowest BCUT2D eigenvalue weighted by Crippen LogP contribution is -2.07. The summed E-state index contributed by atoms with van der Waals surface area (Å²) >= 11 is 0. The van der Waals surface area contributed by atoms with Gasteiger partial charge in [-0.25, -0.2) is 0 Å². The highest BCUT2D eigenvalue weighted by molar-refractivity contribution is 5.78. The van der Waals surface area contributed by atoms with Crippen LogP contribution in [0.3, 0.4) is 0 Å². The van der Waals surface area contributed by atoms with Crippen LogP contribution in [0, 0.1) is 12.3 Å². The molecule has 0 aromatic rings. The summed E-state index contributed by atoms with van der Waals surface area (Å²) in [6, 6.07) is 0. The lowest BCUT2D eigenvalue weighted by atomic mass is 10.1. The summed E-state index contributed by atoms with van der Waals surface area (Å²) in [5.74, 6) is 0.362. The molecule has 0 aliphatic carbocycles. The van der Waals surface area contributed by atoms with Gasteiger partial charge in [-0.3, -0.25) is 4.79 Å². The van der Waals surface area contributed by atoms with E-state index < -0.39 is 0 Å². The average molecular weight is 171 g/mol. The van der Waals surface area contributed by atoms with Crippen molar-refractivity contribution in [1.82, 2.24) is 0 Å². The lowest BCUT2D eigenvalue weighted by Gasteiger charge is -2.04. The molecule has 0 aromatic carbocycles. The second-order valence-electron chi connectivity index (χ2n) is 3.35. The SMILES string of the molecule is CCCCOC(=O)[CH]CC(C)C. The first-order chi connectivity index (χ1) is 5.66. The van der Waals surface area contributed by atoms with E-state index in [1.807, 2.05) is 0 Å². The zero-order valence-electron chi connectivity index (χ0n) is 8.30. The zero-order chi connectivity index (χ0) is 9.40. The molecule has 0 rings (SSSR count). The first kappa shape index (κ1) is 11.5. The van der Waals surface area contributed by atoms with Gasteiger partial charge in [-0.2, -0.15) is 0 Å². The van der Waals surface area contributed by atoms with E-state index in [0.29, 0.717) is 12.5 Å². The van der Waals surface area contributed by atoms with Gasteiger partial charge >= 0.3 is 5.97 Å². The van der Waals surface area contributed by atoms with Crippen LogP contribution in [-0.2, 0) is 9.53 Å². The molecule has 0 saturated carbocycles. The summed E-state index contributed by atoms with van der Waals surface area (Å²) in [6.07, 6.45) is 4.46. The third kappa shape index (κ3) is 7.58. The molecule has 0 heterocycles. The standard InChI is InChI=1S/C10H19O2/c1-4-5-8-12-10(11)7-6-9(2)3/h7,9H,4-6,8H2,1-3H3. The van der Waals surface area contributed by atoms with Gasteiger partial charge in [0.2, 0.25) is 0 Å². The summed E-state index contributed by atoms with van der Waals surface area (Å²) in [4.78, 5) is 10.9. The van der Waals surface area contributed by atoms with Crippen LogP contribution in [-0.4, -0.2) is 12.6 Å². The maximum Gasteiger partial charge on any atom is 0.309 e. The molecule has 0 fully saturated rings. The Morgan fingerprint density at radius 3 is 2.67 bits per heavy atom. The largest absolute Gasteiger partial charge is 0.465 e. The molecule has 1 radical (unpaired) electrons. The quantitative estimate of drug-likeness (QED) is 0.453. The summed E-state index contributed by atoms with van der Waals surface area (Å²) in [7, 11) is 0. The van der Waals surface area contributed by atoms with Gasteiger partial charge in [0, 0.05) is 0 Å². The van der Waals surface area contributed by atoms with Crippen LogP contribution in [0.15, 0.2) is 0 Å². The second kappa shape index (κ2) is 7.14. The summed E-state index contributed by atoms with van der Waals surface area (Å²) in [5.41, 5.74) is 0. The molecule has 2 nitrogen and oxygen atoms in total. The summed E-state index contributed by atoms with van der Waals surface area (Å²) in [6.45, 7) is 6.79. The van der Waals surface area contributed by atoms with Crippen molar-refractivity contribution in [2.24, 2.45) is 5.92 Å². The minimum absolute atomic E-state index is 0.169. The van der Waals surface area contributed by atoms with Crippen molar-refractivity contribution < 1.29 is 9.53 Å². The fourth-order valence-corrected chi connectivity index (χ4v) is 0.708. The Balaban J connectivity index is 3.22. The van der Waals surface area contributed by atoms with Gasteiger partial charge in [0.05, 0.1) is 13.0 Å². The van der Waals surface area contributed by atoms with Gasteiger partial charge in [0.1, 0.15) is 0 Å². The van der Waals surface area contributed by atoms with E-state index in [0.717, 1.165) is 19.3 Å². The predicted octanol–water partition coefficient (Wildman–Crippen LogP) is 2.58. The van der Waals surface area contributed by atoms with Crippen molar-refractivity contribution >= 4 is 5.97 Å². The normalized spacial score (nSPS) is 10.3. The highest BCUT2D eigenvalue weighted by Crippen LogP contribution is 2.03. The van der Waals surface area contributed by atoms with Gasteiger partial charge in [-0.05, 0) is 18.8 Å².